The Bertz CT molecular complexity index is 614. The molecule has 0 saturated carbocycles. The van der Waals surface area contributed by atoms with Crippen molar-refractivity contribution in [3.05, 3.63) is 39.9 Å². The van der Waals surface area contributed by atoms with Crippen LogP contribution in [0.2, 0.25) is 0 Å². The summed E-state index contributed by atoms with van der Waals surface area (Å²) in [5.41, 5.74) is -0.00851. The van der Waals surface area contributed by atoms with E-state index >= 15 is 0 Å². The molecule has 0 aliphatic carbocycles. The topological polar surface area (TPSA) is 113 Å². The van der Waals surface area contributed by atoms with E-state index in [1.54, 1.807) is 6.92 Å². The van der Waals surface area contributed by atoms with Crippen LogP contribution in [0, 0.1) is 16.0 Å². The van der Waals surface area contributed by atoms with Crippen LogP contribution >= 0.6 is 0 Å². The highest BCUT2D eigenvalue weighted by molar-refractivity contribution is 5.97. The van der Waals surface area contributed by atoms with Gasteiger partial charge in [-0.2, -0.15) is 0 Å². The predicted octanol–water partition coefficient (Wildman–Crippen LogP) is 0.829. The minimum absolute atomic E-state index is 0.154. The molecule has 0 radical (unpaired) electrons. The number of carbonyl (C=O) groups is 2. The second-order valence-electron chi connectivity index (χ2n) is 5.94. The molecule has 24 heavy (non-hydrogen) atoms. The van der Waals surface area contributed by atoms with E-state index in [1.807, 2.05) is 0 Å². The SMILES string of the molecule is CC(NC(=O)c1cccc([N+](=O)[O-])c1)C(=O)NCCC1CCNC1. The summed E-state index contributed by atoms with van der Waals surface area (Å²) in [6.45, 7) is 4.16. The molecule has 1 aliphatic rings. The molecule has 8 heteroatoms. The quantitative estimate of drug-likeness (QED) is 0.505. The summed E-state index contributed by atoms with van der Waals surface area (Å²) in [5, 5.41) is 19.4. The first-order chi connectivity index (χ1) is 11.5. The maximum absolute atomic E-state index is 12.1. The van der Waals surface area contributed by atoms with Crippen LogP contribution in [0.4, 0.5) is 5.69 Å². The summed E-state index contributed by atoms with van der Waals surface area (Å²) in [4.78, 5) is 34.3. The number of nitro groups is 1. The van der Waals surface area contributed by atoms with E-state index in [1.165, 1.54) is 24.3 Å². The lowest BCUT2D eigenvalue weighted by Gasteiger charge is -2.15. The fourth-order valence-electron chi connectivity index (χ4n) is 2.62. The Kier molecular flexibility index (Phi) is 6.25. The van der Waals surface area contributed by atoms with Crippen molar-refractivity contribution in [3.8, 4) is 0 Å². The fourth-order valence-corrected chi connectivity index (χ4v) is 2.62. The molecule has 0 spiro atoms. The monoisotopic (exact) mass is 334 g/mol. The Morgan fingerprint density at radius 2 is 2.25 bits per heavy atom. The van der Waals surface area contributed by atoms with E-state index < -0.39 is 16.9 Å². The zero-order valence-corrected chi connectivity index (χ0v) is 13.6. The molecule has 2 rings (SSSR count). The summed E-state index contributed by atoms with van der Waals surface area (Å²) in [5.74, 6) is -0.193. The molecule has 8 nitrogen and oxygen atoms in total. The van der Waals surface area contributed by atoms with E-state index in [2.05, 4.69) is 16.0 Å². The van der Waals surface area contributed by atoms with Crippen molar-refractivity contribution in [1.82, 2.24) is 16.0 Å². The molecule has 0 aromatic heterocycles. The van der Waals surface area contributed by atoms with Crippen molar-refractivity contribution >= 4 is 17.5 Å². The molecule has 1 fully saturated rings. The van der Waals surface area contributed by atoms with Gasteiger partial charge in [0.1, 0.15) is 6.04 Å². The predicted molar refractivity (Wildman–Crippen MR) is 88.6 cm³/mol. The smallest absolute Gasteiger partial charge is 0.270 e. The van der Waals surface area contributed by atoms with Gasteiger partial charge in [0, 0.05) is 24.2 Å². The number of hydrogen-bond donors (Lipinski definition) is 3. The standard InChI is InChI=1S/C16H22N4O4/c1-11(15(21)18-8-6-12-5-7-17-10-12)19-16(22)13-3-2-4-14(9-13)20(23)24/h2-4,9,11-12,17H,5-8,10H2,1H3,(H,18,21)(H,19,22). The number of nitrogens with one attached hydrogen (secondary N) is 3. The number of amides is 2. The third-order valence-electron chi connectivity index (χ3n) is 4.07. The first-order valence-corrected chi connectivity index (χ1v) is 8.01. The summed E-state index contributed by atoms with van der Waals surface area (Å²) in [6, 6.07) is 4.70. The third kappa shape index (κ3) is 5.02. The maximum Gasteiger partial charge on any atom is 0.270 e. The van der Waals surface area contributed by atoms with E-state index in [9.17, 15) is 19.7 Å². The first-order valence-electron chi connectivity index (χ1n) is 8.01. The number of nitro benzene ring substituents is 1. The van der Waals surface area contributed by atoms with Crippen LogP contribution in [0.25, 0.3) is 0 Å². The van der Waals surface area contributed by atoms with E-state index in [0.29, 0.717) is 12.5 Å². The number of hydrogen-bond acceptors (Lipinski definition) is 5. The Labute approximate surface area is 140 Å². The van der Waals surface area contributed by atoms with E-state index in [0.717, 1.165) is 25.9 Å². The average Bonchev–Trinajstić information content (AvgIpc) is 3.08. The summed E-state index contributed by atoms with van der Waals surface area (Å²) in [6.07, 6.45) is 2.03. The minimum atomic E-state index is -0.710. The second-order valence-corrected chi connectivity index (χ2v) is 5.94. The highest BCUT2D eigenvalue weighted by Gasteiger charge is 2.19. The third-order valence-corrected chi connectivity index (χ3v) is 4.07. The van der Waals surface area contributed by atoms with Gasteiger partial charge >= 0.3 is 0 Å². The van der Waals surface area contributed by atoms with Crippen LogP contribution in [-0.2, 0) is 4.79 Å². The van der Waals surface area contributed by atoms with E-state index in [-0.39, 0.29) is 17.2 Å². The number of carbonyl (C=O) groups excluding carboxylic acids is 2. The van der Waals surface area contributed by atoms with Crippen molar-refractivity contribution in [3.63, 3.8) is 0 Å². The summed E-state index contributed by atoms with van der Waals surface area (Å²) >= 11 is 0. The van der Waals surface area contributed by atoms with Gasteiger partial charge in [0.2, 0.25) is 5.91 Å². The Hall–Kier alpha value is -2.48. The molecule has 1 aliphatic heterocycles. The molecule has 2 unspecified atom stereocenters. The molecular formula is C16H22N4O4. The molecular weight excluding hydrogens is 312 g/mol. The molecule has 1 saturated heterocycles. The van der Waals surface area contributed by atoms with Crippen molar-refractivity contribution < 1.29 is 14.5 Å². The minimum Gasteiger partial charge on any atom is -0.354 e. The lowest BCUT2D eigenvalue weighted by Crippen LogP contribution is -2.45. The fraction of sp³-hybridized carbons (Fsp3) is 0.500. The number of nitrogens with zero attached hydrogens (tertiary/aromatic N) is 1. The Morgan fingerprint density at radius 1 is 1.46 bits per heavy atom. The lowest BCUT2D eigenvalue weighted by atomic mass is 10.1. The number of rotatable bonds is 7. The van der Waals surface area contributed by atoms with Crippen LogP contribution in [0.3, 0.4) is 0 Å². The van der Waals surface area contributed by atoms with Crippen LogP contribution in [0.5, 0.6) is 0 Å². The van der Waals surface area contributed by atoms with Crippen molar-refractivity contribution in [1.29, 1.82) is 0 Å². The molecule has 1 aromatic rings. The van der Waals surface area contributed by atoms with E-state index in [4.69, 9.17) is 0 Å². The highest BCUT2D eigenvalue weighted by atomic mass is 16.6. The van der Waals surface area contributed by atoms with Crippen LogP contribution < -0.4 is 16.0 Å². The van der Waals surface area contributed by atoms with Crippen LogP contribution in [0.1, 0.15) is 30.1 Å². The van der Waals surface area contributed by atoms with Gasteiger partial charge in [0.05, 0.1) is 4.92 Å². The van der Waals surface area contributed by atoms with Crippen molar-refractivity contribution in [2.24, 2.45) is 5.92 Å². The van der Waals surface area contributed by atoms with Gasteiger partial charge in [-0.3, -0.25) is 19.7 Å². The average molecular weight is 334 g/mol. The van der Waals surface area contributed by atoms with Gasteiger partial charge < -0.3 is 16.0 Å². The van der Waals surface area contributed by atoms with Crippen molar-refractivity contribution in [2.45, 2.75) is 25.8 Å². The molecule has 0 bridgehead atoms. The normalized spacial score (nSPS) is 18.0. The van der Waals surface area contributed by atoms with Gasteiger partial charge in [-0.25, -0.2) is 0 Å². The molecule has 2 amide bonds. The lowest BCUT2D eigenvalue weighted by molar-refractivity contribution is -0.384. The second kappa shape index (κ2) is 8.39. The Morgan fingerprint density at radius 3 is 2.92 bits per heavy atom. The first kappa shape index (κ1) is 17.9. The van der Waals surface area contributed by atoms with Gasteiger partial charge in [0.15, 0.2) is 0 Å². The molecule has 1 aromatic carbocycles. The molecule has 3 N–H and O–H groups in total. The largest absolute Gasteiger partial charge is 0.354 e. The van der Waals surface area contributed by atoms with Gasteiger partial charge in [0.25, 0.3) is 11.6 Å². The van der Waals surface area contributed by atoms with Gasteiger partial charge in [-0.15, -0.1) is 0 Å². The van der Waals surface area contributed by atoms with Crippen LogP contribution in [0.15, 0.2) is 24.3 Å². The Balaban J connectivity index is 1.80. The van der Waals surface area contributed by atoms with Gasteiger partial charge in [-0.05, 0) is 44.8 Å². The highest BCUT2D eigenvalue weighted by Crippen LogP contribution is 2.13. The summed E-state index contributed by atoms with van der Waals surface area (Å²) in [7, 11) is 0. The van der Waals surface area contributed by atoms with Crippen molar-refractivity contribution in [2.75, 3.05) is 19.6 Å². The summed E-state index contributed by atoms with van der Waals surface area (Å²) < 4.78 is 0. The maximum atomic E-state index is 12.1. The molecule has 130 valence electrons. The zero-order chi connectivity index (χ0) is 17.5. The molecule has 1 heterocycles. The molecule has 2 atom stereocenters. The number of non-ortho nitro benzene ring substituents is 1. The number of benzene rings is 1. The van der Waals surface area contributed by atoms with Crippen LogP contribution in [-0.4, -0.2) is 42.4 Å². The zero-order valence-electron chi connectivity index (χ0n) is 13.6. The van der Waals surface area contributed by atoms with Gasteiger partial charge in [-0.1, -0.05) is 6.07 Å².